The molecule has 1 aromatic heterocycles. The molecule has 1 N–H and O–H groups in total. The van der Waals surface area contributed by atoms with Crippen LogP contribution in [-0.2, 0) is 32.0 Å². The molecule has 1 aliphatic rings. The maximum Gasteiger partial charge on any atom is 0.416 e. The van der Waals surface area contributed by atoms with Gasteiger partial charge in [-0.05, 0) is 75.4 Å². The maximum atomic E-state index is 13.8. The van der Waals surface area contributed by atoms with E-state index in [0.717, 1.165) is 35.9 Å². The number of halogens is 3. The van der Waals surface area contributed by atoms with Gasteiger partial charge in [0.05, 0.1) is 36.4 Å². The van der Waals surface area contributed by atoms with E-state index in [-0.39, 0.29) is 41.1 Å². The van der Waals surface area contributed by atoms with Crippen molar-refractivity contribution in [2.24, 2.45) is 4.99 Å². The Bertz CT molecular complexity index is 1490. The molecule has 2 aromatic rings. The largest absolute Gasteiger partial charge is 0.491 e. The Labute approximate surface area is 287 Å². The molecule has 3 rings (SSSR count). The molecular formula is C34H52F3N3O6SSi. The zero-order valence-electron chi connectivity index (χ0n) is 30.1. The van der Waals surface area contributed by atoms with E-state index >= 15 is 0 Å². The average molecular weight is 716 g/mol. The third-order valence-corrected chi connectivity index (χ3v) is 14.2. The summed E-state index contributed by atoms with van der Waals surface area (Å²) in [6.07, 6.45) is -1.72. The summed E-state index contributed by atoms with van der Waals surface area (Å²) in [7, 11) is -2.26. The van der Waals surface area contributed by atoms with Crippen molar-refractivity contribution in [3.05, 3.63) is 45.2 Å². The summed E-state index contributed by atoms with van der Waals surface area (Å²) in [5.74, 6) is -0.980. The molecule has 270 valence electrons. The minimum absolute atomic E-state index is 0.0446. The molecule has 0 saturated carbocycles. The first-order valence-corrected chi connectivity index (χ1v) is 20.0. The number of hydrogen-bond donors (Lipinski definition) is 1. The lowest BCUT2D eigenvalue weighted by molar-refractivity contribution is -0.137. The van der Waals surface area contributed by atoms with Gasteiger partial charge in [-0.15, -0.1) is 11.3 Å². The van der Waals surface area contributed by atoms with Gasteiger partial charge in [0.15, 0.2) is 13.1 Å². The summed E-state index contributed by atoms with van der Waals surface area (Å²) < 4.78 is 66.9. The van der Waals surface area contributed by atoms with Crippen molar-refractivity contribution in [2.45, 2.75) is 129 Å². The lowest BCUT2D eigenvalue weighted by Gasteiger charge is -2.37. The number of thiazole rings is 1. The van der Waals surface area contributed by atoms with E-state index in [2.05, 4.69) is 44.2 Å². The number of nitrogens with zero attached hydrogens (tertiary/aromatic N) is 2. The molecule has 0 unspecified atom stereocenters. The standard InChI is InChI=1S/C34H52F3N3O6SSi/c1-31(2,3)27-19-40(18-24-13-12-16-43-24)29(47-27)39-28(41)25-17-22(34(35,36)37)14-15-26(25)44-20-23(38-30(42)46-32(4,5)6)21-45-48(10,11)33(7,8)9/h14-15,17,19,23-24H,12-13,16,18,20-21H2,1-11H3,(H,38,42)/t23-,24+/m1/s1. The number of rotatable bonds is 10. The van der Waals surface area contributed by atoms with Gasteiger partial charge >= 0.3 is 12.3 Å². The van der Waals surface area contributed by atoms with E-state index in [1.165, 1.54) is 11.3 Å². The molecule has 1 aliphatic heterocycles. The van der Waals surface area contributed by atoms with Crippen LogP contribution >= 0.6 is 11.3 Å². The maximum absolute atomic E-state index is 13.8. The first kappa shape index (κ1) is 39.8. The highest BCUT2D eigenvalue weighted by atomic mass is 32.1. The summed E-state index contributed by atoms with van der Waals surface area (Å²) >= 11 is 1.31. The second kappa shape index (κ2) is 15.1. The van der Waals surface area contributed by atoms with E-state index in [9.17, 15) is 22.8 Å². The molecule has 2 atom stereocenters. The number of amides is 2. The van der Waals surface area contributed by atoms with Crippen molar-refractivity contribution >= 4 is 31.7 Å². The van der Waals surface area contributed by atoms with Gasteiger partial charge in [0.2, 0.25) is 0 Å². The molecule has 1 fully saturated rings. The van der Waals surface area contributed by atoms with Crippen LogP contribution in [0, 0.1) is 0 Å². The predicted octanol–water partition coefficient (Wildman–Crippen LogP) is 8.08. The van der Waals surface area contributed by atoms with Gasteiger partial charge in [0.1, 0.15) is 18.0 Å². The minimum Gasteiger partial charge on any atom is -0.491 e. The molecule has 9 nitrogen and oxygen atoms in total. The van der Waals surface area contributed by atoms with Crippen molar-refractivity contribution in [1.29, 1.82) is 0 Å². The van der Waals surface area contributed by atoms with E-state index in [1.807, 2.05) is 31.5 Å². The number of alkyl carbamates (subject to hydrolysis) is 1. The highest BCUT2D eigenvalue weighted by Crippen LogP contribution is 2.37. The van der Waals surface area contributed by atoms with E-state index < -0.39 is 43.7 Å². The average Bonchev–Trinajstić information content (AvgIpc) is 3.58. The van der Waals surface area contributed by atoms with Crippen LogP contribution in [-0.4, -0.2) is 62.5 Å². The number of carbonyl (C=O) groups excluding carboxylic acids is 2. The molecule has 2 amide bonds. The number of alkyl halides is 3. The predicted molar refractivity (Wildman–Crippen MR) is 183 cm³/mol. The van der Waals surface area contributed by atoms with Crippen LogP contribution in [0.15, 0.2) is 29.4 Å². The van der Waals surface area contributed by atoms with Gasteiger partial charge in [-0.2, -0.15) is 18.2 Å². The fourth-order valence-corrected chi connectivity index (χ4v) is 6.53. The van der Waals surface area contributed by atoms with Gasteiger partial charge < -0.3 is 28.5 Å². The SMILES string of the molecule is CC(C)(C)OC(=O)N[C@H](COc1ccc(C(F)(F)F)cc1C(=O)N=c1sc(C(C)(C)C)cn1C[C@@H]1CCCO1)CO[Si](C)(C)C(C)(C)C. The molecule has 0 spiro atoms. The quantitative estimate of drug-likeness (QED) is 0.250. The second-order valence-corrected chi connectivity index (χ2v) is 21.6. The number of ether oxygens (including phenoxy) is 3. The summed E-state index contributed by atoms with van der Waals surface area (Å²) in [6.45, 7) is 22.7. The Balaban J connectivity index is 1.99. The van der Waals surface area contributed by atoms with Gasteiger partial charge in [-0.3, -0.25) is 4.79 Å². The second-order valence-electron chi connectivity index (χ2n) is 15.8. The third kappa shape index (κ3) is 11.4. The van der Waals surface area contributed by atoms with Gasteiger partial charge in [0, 0.05) is 17.7 Å². The van der Waals surface area contributed by atoms with Gasteiger partial charge in [-0.25, -0.2) is 4.79 Å². The fraction of sp³-hybridized carbons (Fsp3) is 0.676. The number of benzene rings is 1. The van der Waals surface area contributed by atoms with E-state index in [0.29, 0.717) is 18.0 Å². The first-order chi connectivity index (χ1) is 21.9. The van der Waals surface area contributed by atoms with Crippen LogP contribution in [0.5, 0.6) is 5.75 Å². The van der Waals surface area contributed by atoms with Crippen LogP contribution in [0.3, 0.4) is 0 Å². The third-order valence-electron chi connectivity index (χ3n) is 8.23. The van der Waals surface area contributed by atoms with Gasteiger partial charge in [0.25, 0.3) is 5.91 Å². The van der Waals surface area contributed by atoms with Crippen LogP contribution < -0.4 is 14.9 Å². The smallest absolute Gasteiger partial charge is 0.416 e. The minimum atomic E-state index is -4.70. The number of hydrogen-bond acceptors (Lipinski definition) is 7. The Morgan fingerprint density at radius 3 is 2.29 bits per heavy atom. The zero-order chi connectivity index (χ0) is 36.3. The van der Waals surface area contributed by atoms with Crippen molar-refractivity contribution in [3.8, 4) is 5.75 Å². The molecule has 0 radical (unpaired) electrons. The Kier molecular flexibility index (Phi) is 12.5. The molecular weight excluding hydrogens is 664 g/mol. The van der Waals surface area contributed by atoms with Crippen molar-refractivity contribution < 1.29 is 41.4 Å². The first-order valence-electron chi connectivity index (χ1n) is 16.2. The number of nitrogens with one attached hydrogen (secondary N) is 1. The number of aromatic nitrogens is 1. The van der Waals surface area contributed by atoms with Crippen molar-refractivity contribution in [2.75, 3.05) is 19.8 Å². The monoisotopic (exact) mass is 715 g/mol. The van der Waals surface area contributed by atoms with Crippen LogP contribution in [0.4, 0.5) is 18.0 Å². The normalized spacial score (nSPS) is 17.4. The van der Waals surface area contributed by atoms with Gasteiger partial charge in [-0.1, -0.05) is 41.5 Å². The molecule has 48 heavy (non-hydrogen) atoms. The summed E-state index contributed by atoms with van der Waals surface area (Å²) in [4.78, 5) is 32.1. The molecule has 14 heteroatoms. The fourth-order valence-electron chi connectivity index (χ4n) is 4.42. The lowest BCUT2D eigenvalue weighted by Crippen LogP contribution is -2.49. The Morgan fingerprint density at radius 1 is 1.08 bits per heavy atom. The topological polar surface area (TPSA) is 100 Å². The van der Waals surface area contributed by atoms with Crippen LogP contribution in [0.25, 0.3) is 0 Å². The Morgan fingerprint density at radius 2 is 1.75 bits per heavy atom. The summed E-state index contributed by atoms with van der Waals surface area (Å²) in [5, 5.41) is 2.64. The van der Waals surface area contributed by atoms with Crippen molar-refractivity contribution in [3.63, 3.8) is 0 Å². The highest BCUT2D eigenvalue weighted by molar-refractivity contribution is 7.09. The van der Waals surface area contributed by atoms with Crippen molar-refractivity contribution in [1.82, 2.24) is 9.88 Å². The summed E-state index contributed by atoms with van der Waals surface area (Å²) in [6, 6.07) is 1.98. The highest BCUT2D eigenvalue weighted by Gasteiger charge is 2.38. The van der Waals surface area contributed by atoms with Crippen LogP contribution in [0.1, 0.15) is 96.0 Å². The molecule has 2 heterocycles. The molecule has 1 saturated heterocycles. The van der Waals surface area contributed by atoms with E-state index in [4.69, 9.17) is 18.6 Å². The lowest BCUT2D eigenvalue weighted by atomic mass is 9.95. The Hall–Kier alpha value is -2.68. The molecule has 1 aromatic carbocycles. The van der Waals surface area contributed by atoms with Crippen LogP contribution in [0.2, 0.25) is 18.1 Å². The zero-order valence-corrected chi connectivity index (χ0v) is 31.9. The van der Waals surface area contributed by atoms with E-state index in [1.54, 1.807) is 20.8 Å². The molecule has 0 aliphatic carbocycles. The number of carbonyl (C=O) groups is 2. The molecule has 0 bridgehead atoms. The summed E-state index contributed by atoms with van der Waals surface area (Å²) in [5.41, 5.74) is -2.36.